The zero-order valence-electron chi connectivity index (χ0n) is 25.1. The van der Waals surface area contributed by atoms with E-state index in [2.05, 4.69) is 24.5 Å². The summed E-state index contributed by atoms with van der Waals surface area (Å²) < 4.78 is 16.5. The van der Waals surface area contributed by atoms with E-state index in [1.807, 2.05) is 32.0 Å². The van der Waals surface area contributed by atoms with Crippen LogP contribution in [-0.2, 0) is 20.7 Å². The molecule has 0 aliphatic carbocycles. The predicted molar refractivity (Wildman–Crippen MR) is 160 cm³/mol. The first-order valence-corrected chi connectivity index (χ1v) is 14.3. The fourth-order valence-corrected chi connectivity index (χ4v) is 5.08. The SMILES string of the molecule is COCCCOc1cc(C[C@@H](C[C@H](N)[C@@H](O)C[C@H](C(=O)NC2CCNC(=O)C2)C(C)C)C(C)C)ccc1OC.Cl. The van der Waals surface area contributed by atoms with Crippen molar-refractivity contribution in [3.05, 3.63) is 23.8 Å². The monoisotopic (exact) mass is 585 g/mol. The maximum absolute atomic E-state index is 13.1. The molecule has 1 heterocycles. The number of benzene rings is 1. The summed E-state index contributed by atoms with van der Waals surface area (Å²) in [7, 11) is 3.30. The molecule has 1 unspecified atom stereocenters. The first-order chi connectivity index (χ1) is 18.5. The van der Waals surface area contributed by atoms with Crippen LogP contribution in [0.5, 0.6) is 11.5 Å². The number of rotatable bonds is 17. The Morgan fingerprint density at radius 3 is 2.45 bits per heavy atom. The molecule has 0 bridgehead atoms. The minimum Gasteiger partial charge on any atom is -0.493 e. The maximum Gasteiger partial charge on any atom is 0.223 e. The highest BCUT2D eigenvalue weighted by atomic mass is 35.5. The van der Waals surface area contributed by atoms with E-state index in [9.17, 15) is 14.7 Å². The van der Waals surface area contributed by atoms with E-state index in [4.69, 9.17) is 19.9 Å². The molecule has 10 heteroatoms. The van der Waals surface area contributed by atoms with Gasteiger partial charge in [0.15, 0.2) is 11.5 Å². The first kappa shape index (κ1) is 36.0. The molecule has 2 rings (SSSR count). The fourth-order valence-electron chi connectivity index (χ4n) is 5.08. The fraction of sp³-hybridized carbons (Fsp3) is 0.733. The molecule has 9 nitrogen and oxygen atoms in total. The Balaban J connectivity index is 0.00000800. The van der Waals surface area contributed by atoms with Crippen molar-refractivity contribution in [1.82, 2.24) is 10.6 Å². The molecule has 0 saturated carbocycles. The summed E-state index contributed by atoms with van der Waals surface area (Å²) in [5.74, 6) is 1.47. The molecule has 1 aromatic carbocycles. The Morgan fingerprint density at radius 1 is 1.12 bits per heavy atom. The second kappa shape index (κ2) is 18.4. The van der Waals surface area contributed by atoms with Crippen LogP contribution in [0.15, 0.2) is 18.2 Å². The van der Waals surface area contributed by atoms with E-state index in [0.717, 1.165) is 18.4 Å². The minimum absolute atomic E-state index is 0. The van der Waals surface area contributed by atoms with Gasteiger partial charge in [0, 0.05) is 51.1 Å². The van der Waals surface area contributed by atoms with Crippen molar-refractivity contribution in [1.29, 1.82) is 0 Å². The van der Waals surface area contributed by atoms with Gasteiger partial charge in [-0.05, 0) is 61.1 Å². The molecule has 5 N–H and O–H groups in total. The van der Waals surface area contributed by atoms with Crippen molar-refractivity contribution < 1.29 is 28.9 Å². The van der Waals surface area contributed by atoms with Gasteiger partial charge >= 0.3 is 0 Å². The Hall–Kier alpha value is -2.07. The lowest BCUT2D eigenvalue weighted by atomic mass is 9.80. The van der Waals surface area contributed by atoms with Crippen LogP contribution in [0.4, 0.5) is 0 Å². The number of hydrogen-bond acceptors (Lipinski definition) is 7. The van der Waals surface area contributed by atoms with Gasteiger partial charge in [0.2, 0.25) is 11.8 Å². The van der Waals surface area contributed by atoms with Crippen molar-refractivity contribution in [2.45, 2.75) is 84.4 Å². The Labute approximate surface area is 246 Å². The molecule has 5 atom stereocenters. The molecule has 230 valence electrons. The van der Waals surface area contributed by atoms with E-state index >= 15 is 0 Å². The van der Waals surface area contributed by atoms with Crippen LogP contribution in [-0.4, -0.2) is 69.1 Å². The molecule has 0 spiro atoms. The van der Waals surface area contributed by atoms with Crippen molar-refractivity contribution in [3.8, 4) is 11.5 Å². The van der Waals surface area contributed by atoms with Gasteiger partial charge in [0.1, 0.15) is 0 Å². The van der Waals surface area contributed by atoms with E-state index in [0.29, 0.717) is 56.4 Å². The number of nitrogens with two attached hydrogens (primary N) is 1. The minimum atomic E-state index is -0.811. The Kier molecular flexibility index (Phi) is 16.5. The molecule has 1 saturated heterocycles. The summed E-state index contributed by atoms with van der Waals surface area (Å²) in [6, 6.07) is 5.36. The number of aliphatic hydroxyl groups excluding tert-OH is 1. The summed E-state index contributed by atoms with van der Waals surface area (Å²) in [4.78, 5) is 24.8. The van der Waals surface area contributed by atoms with E-state index in [-0.39, 0.29) is 54.4 Å². The zero-order chi connectivity index (χ0) is 28.9. The van der Waals surface area contributed by atoms with Gasteiger partial charge in [-0.15, -0.1) is 12.4 Å². The number of carbonyl (C=O) groups excluding carboxylic acids is 2. The molecule has 2 amide bonds. The average Bonchev–Trinajstić information content (AvgIpc) is 2.88. The zero-order valence-corrected chi connectivity index (χ0v) is 25.9. The first-order valence-electron chi connectivity index (χ1n) is 14.3. The second-order valence-corrected chi connectivity index (χ2v) is 11.5. The van der Waals surface area contributed by atoms with Crippen LogP contribution in [0.3, 0.4) is 0 Å². The summed E-state index contributed by atoms with van der Waals surface area (Å²) in [5, 5.41) is 16.9. The average molecular weight is 586 g/mol. The third kappa shape index (κ3) is 11.8. The molecule has 0 aromatic heterocycles. The van der Waals surface area contributed by atoms with Gasteiger partial charge in [-0.2, -0.15) is 0 Å². The lowest BCUT2D eigenvalue weighted by Gasteiger charge is -2.31. The van der Waals surface area contributed by atoms with Gasteiger partial charge in [-0.25, -0.2) is 0 Å². The Bertz CT molecular complexity index is 900. The smallest absolute Gasteiger partial charge is 0.223 e. The van der Waals surface area contributed by atoms with Crippen LogP contribution in [0.25, 0.3) is 0 Å². The summed E-state index contributed by atoms with van der Waals surface area (Å²) in [6.45, 7) is 10.0. The van der Waals surface area contributed by atoms with Gasteiger partial charge in [-0.1, -0.05) is 33.8 Å². The quantitative estimate of drug-likeness (QED) is 0.206. The standard InChI is InChI=1S/C30H51N3O6.ClH/c1-19(2)22(14-21-8-9-27(38-6)28(15-21)39-13-7-12-37-5)16-25(31)26(34)18-24(20(3)4)30(36)33-23-10-11-32-29(35)17-23;/h8-9,15,19-20,22-26,34H,7,10-14,16-18,31H2,1-6H3,(H,32,35)(H,33,36);1H/t22-,23?,24-,25-,26-;/m0./s1. The van der Waals surface area contributed by atoms with Crippen LogP contribution in [0, 0.1) is 23.7 Å². The lowest BCUT2D eigenvalue weighted by molar-refractivity contribution is -0.129. The number of ether oxygens (including phenoxy) is 3. The molecular weight excluding hydrogens is 534 g/mol. The predicted octanol–water partition coefficient (Wildman–Crippen LogP) is 3.48. The number of hydrogen-bond donors (Lipinski definition) is 4. The highest BCUT2D eigenvalue weighted by molar-refractivity contribution is 5.85. The topological polar surface area (TPSA) is 132 Å². The maximum atomic E-state index is 13.1. The van der Waals surface area contributed by atoms with Crippen molar-refractivity contribution in [3.63, 3.8) is 0 Å². The number of nitrogens with one attached hydrogen (secondary N) is 2. The summed E-state index contributed by atoms with van der Waals surface area (Å²) in [5.41, 5.74) is 7.66. The van der Waals surface area contributed by atoms with Gasteiger partial charge in [0.25, 0.3) is 0 Å². The van der Waals surface area contributed by atoms with Crippen LogP contribution >= 0.6 is 12.4 Å². The highest BCUT2D eigenvalue weighted by Gasteiger charge is 2.31. The van der Waals surface area contributed by atoms with Crippen molar-refractivity contribution >= 4 is 24.2 Å². The molecule has 0 radical (unpaired) electrons. The second-order valence-electron chi connectivity index (χ2n) is 11.5. The van der Waals surface area contributed by atoms with Gasteiger partial charge < -0.3 is 35.7 Å². The lowest BCUT2D eigenvalue weighted by Crippen LogP contribution is -2.49. The van der Waals surface area contributed by atoms with Crippen LogP contribution in [0.1, 0.15) is 65.4 Å². The van der Waals surface area contributed by atoms with Crippen LogP contribution in [0.2, 0.25) is 0 Å². The molecule has 40 heavy (non-hydrogen) atoms. The van der Waals surface area contributed by atoms with Gasteiger partial charge in [-0.3, -0.25) is 9.59 Å². The highest BCUT2D eigenvalue weighted by Crippen LogP contribution is 2.32. The van der Waals surface area contributed by atoms with Crippen molar-refractivity contribution in [2.24, 2.45) is 29.4 Å². The largest absolute Gasteiger partial charge is 0.493 e. The van der Waals surface area contributed by atoms with Gasteiger partial charge in [0.05, 0.1) is 19.8 Å². The number of piperidine rings is 1. The van der Waals surface area contributed by atoms with Crippen molar-refractivity contribution in [2.75, 3.05) is 34.0 Å². The number of amides is 2. The molecular formula is C30H52ClN3O6. The summed E-state index contributed by atoms with van der Waals surface area (Å²) >= 11 is 0. The Morgan fingerprint density at radius 2 is 1.85 bits per heavy atom. The number of halogens is 1. The number of methoxy groups -OCH3 is 2. The summed E-state index contributed by atoms with van der Waals surface area (Å²) in [6.07, 6.45) is 2.69. The van der Waals surface area contributed by atoms with E-state index < -0.39 is 12.1 Å². The molecule has 1 fully saturated rings. The van der Waals surface area contributed by atoms with Crippen LogP contribution < -0.4 is 25.8 Å². The molecule has 1 aliphatic heterocycles. The number of aliphatic hydroxyl groups is 1. The third-order valence-corrected chi connectivity index (χ3v) is 7.72. The number of carbonyl (C=O) groups is 2. The molecule has 1 aliphatic rings. The molecule has 1 aromatic rings. The third-order valence-electron chi connectivity index (χ3n) is 7.72. The van der Waals surface area contributed by atoms with E-state index in [1.165, 1.54) is 0 Å². The van der Waals surface area contributed by atoms with E-state index in [1.54, 1.807) is 14.2 Å². The normalized spacial score (nSPS) is 18.4.